The van der Waals surface area contributed by atoms with Gasteiger partial charge in [0, 0.05) is 38.8 Å². The van der Waals surface area contributed by atoms with Crippen molar-refractivity contribution in [1.29, 1.82) is 0 Å². The third-order valence-electron chi connectivity index (χ3n) is 3.52. The number of rotatable bonds is 3. The monoisotopic (exact) mass is 276 g/mol. The molecule has 0 fully saturated rings. The molecule has 0 aliphatic carbocycles. The third kappa shape index (κ3) is 3.48. The second-order valence-corrected chi connectivity index (χ2v) is 4.89. The van der Waals surface area contributed by atoms with Gasteiger partial charge in [-0.3, -0.25) is 15.0 Å². The van der Waals surface area contributed by atoms with E-state index in [1.54, 1.807) is 0 Å². The molecule has 1 aromatic carbocycles. The zero-order valence-corrected chi connectivity index (χ0v) is 11.6. The van der Waals surface area contributed by atoms with Gasteiger partial charge in [-0.05, 0) is 23.6 Å². The van der Waals surface area contributed by atoms with Crippen LogP contribution in [0.15, 0.2) is 18.2 Å². The third-order valence-corrected chi connectivity index (χ3v) is 3.52. The summed E-state index contributed by atoms with van der Waals surface area (Å²) in [5, 5.41) is 4.62. The molecule has 108 valence electrons. The summed E-state index contributed by atoms with van der Waals surface area (Å²) in [6, 6.07) is 5.48. The largest absolute Gasteiger partial charge is 0.398 e. The first-order valence-electron chi connectivity index (χ1n) is 6.70. The summed E-state index contributed by atoms with van der Waals surface area (Å²) in [5.41, 5.74) is 9.24. The van der Waals surface area contributed by atoms with Crippen LogP contribution in [0.5, 0.6) is 0 Å². The van der Waals surface area contributed by atoms with E-state index in [9.17, 15) is 9.59 Å². The Hall–Kier alpha value is -2.08. The first kappa shape index (κ1) is 14.3. The molecule has 0 unspecified atom stereocenters. The lowest BCUT2D eigenvalue weighted by Gasteiger charge is -2.29. The molecule has 6 heteroatoms. The maximum atomic E-state index is 11.5. The maximum absolute atomic E-state index is 11.5. The Morgan fingerprint density at radius 2 is 2.20 bits per heavy atom. The average Bonchev–Trinajstić information content (AvgIpc) is 2.45. The number of amides is 3. The number of anilines is 1. The van der Waals surface area contributed by atoms with Gasteiger partial charge in [-0.25, -0.2) is 4.79 Å². The number of hydrogen-bond donors (Lipinski definition) is 3. The molecular formula is C14H20N4O2. The second-order valence-electron chi connectivity index (χ2n) is 4.89. The molecule has 4 N–H and O–H groups in total. The zero-order valence-electron chi connectivity index (χ0n) is 11.6. The van der Waals surface area contributed by atoms with Gasteiger partial charge in [0.1, 0.15) is 0 Å². The fourth-order valence-corrected chi connectivity index (χ4v) is 2.40. The number of imide groups is 1. The number of hydrogen-bond acceptors (Lipinski definition) is 4. The smallest absolute Gasteiger partial charge is 0.321 e. The molecule has 0 radical (unpaired) electrons. The van der Waals surface area contributed by atoms with Gasteiger partial charge in [-0.15, -0.1) is 0 Å². The maximum Gasteiger partial charge on any atom is 0.321 e. The van der Waals surface area contributed by atoms with Crippen molar-refractivity contribution >= 4 is 17.6 Å². The standard InChI is InChI=1S/C14H20N4O2/c1-16-14(20)17-13(19)6-8-18-7-5-11-10(9-18)3-2-4-12(11)15/h2-4H,5-9,15H2,1H3,(H2,16,17,19,20). The van der Waals surface area contributed by atoms with Gasteiger partial charge in [-0.2, -0.15) is 0 Å². The first-order chi connectivity index (χ1) is 9.60. The van der Waals surface area contributed by atoms with Crippen LogP contribution in [-0.2, 0) is 17.8 Å². The first-order valence-corrected chi connectivity index (χ1v) is 6.70. The highest BCUT2D eigenvalue weighted by Crippen LogP contribution is 2.23. The van der Waals surface area contributed by atoms with Crippen molar-refractivity contribution in [2.45, 2.75) is 19.4 Å². The number of fused-ring (bicyclic) bond motifs is 1. The van der Waals surface area contributed by atoms with Crippen LogP contribution in [0.1, 0.15) is 17.5 Å². The molecule has 0 spiro atoms. The predicted octanol–water partition coefficient (Wildman–Crippen LogP) is 0.473. The molecule has 0 bridgehead atoms. The molecule has 0 aromatic heterocycles. The quantitative estimate of drug-likeness (QED) is 0.700. The lowest BCUT2D eigenvalue weighted by Crippen LogP contribution is -2.40. The van der Waals surface area contributed by atoms with Crippen molar-refractivity contribution in [2.24, 2.45) is 0 Å². The molecular weight excluding hydrogens is 256 g/mol. The van der Waals surface area contributed by atoms with Gasteiger partial charge >= 0.3 is 6.03 Å². The Balaban J connectivity index is 1.85. The highest BCUT2D eigenvalue weighted by Gasteiger charge is 2.18. The summed E-state index contributed by atoms with van der Waals surface area (Å²) in [5.74, 6) is -0.261. The molecule has 20 heavy (non-hydrogen) atoms. The lowest BCUT2D eigenvalue weighted by molar-refractivity contribution is -0.120. The van der Waals surface area contributed by atoms with Crippen LogP contribution in [-0.4, -0.2) is 37.0 Å². The summed E-state index contributed by atoms with van der Waals surface area (Å²) in [7, 11) is 1.48. The van der Waals surface area contributed by atoms with Gasteiger partial charge < -0.3 is 11.1 Å². The summed E-state index contributed by atoms with van der Waals surface area (Å²) in [6.45, 7) is 2.32. The van der Waals surface area contributed by atoms with Crippen LogP contribution in [0, 0.1) is 0 Å². The second kappa shape index (κ2) is 6.38. The number of nitrogen functional groups attached to an aromatic ring is 1. The summed E-state index contributed by atoms with van der Waals surface area (Å²) in [4.78, 5) is 24.7. The number of nitrogens with one attached hydrogen (secondary N) is 2. The van der Waals surface area contributed by atoms with E-state index < -0.39 is 6.03 Å². The van der Waals surface area contributed by atoms with Gasteiger partial charge in [0.05, 0.1) is 0 Å². The topological polar surface area (TPSA) is 87.5 Å². The Bertz CT molecular complexity index is 516. The molecule has 0 saturated carbocycles. The van der Waals surface area contributed by atoms with Gasteiger partial charge in [0.15, 0.2) is 0 Å². The Morgan fingerprint density at radius 1 is 1.40 bits per heavy atom. The van der Waals surface area contributed by atoms with E-state index in [4.69, 9.17) is 5.73 Å². The minimum absolute atomic E-state index is 0.261. The highest BCUT2D eigenvalue weighted by atomic mass is 16.2. The van der Waals surface area contributed by atoms with Crippen LogP contribution in [0.3, 0.4) is 0 Å². The van der Waals surface area contributed by atoms with Crippen LogP contribution < -0.4 is 16.4 Å². The minimum Gasteiger partial charge on any atom is -0.398 e. The number of carbonyl (C=O) groups excluding carboxylic acids is 2. The zero-order chi connectivity index (χ0) is 14.5. The molecule has 1 aromatic rings. The predicted molar refractivity (Wildman–Crippen MR) is 77.1 cm³/mol. The molecule has 2 rings (SSSR count). The number of nitrogens with zero attached hydrogens (tertiary/aromatic N) is 1. The van der Waals surface area contributed by atoms with Crippen LogP contribution in [0.2, 0.25) is 0 Å². The molecule has 1 aliphatic rings. The van der Waals surface area contributed by atoms with E-state index in [0.29, 0.717) is 13.0 Å². The summed E-state index contributed by atoms with van der Waals surface area (Å²) >= 11 is 0. The molecule has 0 saturated heterocycles. The summed E-state index contributed by atoms with van der Waals surface area (Å²) in [6.07, 6.45) is 1.21. The molecule has 1 aliphatic heterocycles. The molecule has 3 amide bonds. The van der Waals surface area contributed by atoms with Crippen molar-refractivity contribution in [3.63, 3.8) is 0 Å². The van der Waals surface area contributed by atoms with E-state index in [1.165, 1.54) is 18.2 Å². The van der Waals surface area contributed by atoms with E-state index in [2.05, 4.69) is 21.6 Å². The minimum atomic E-state index is -0.466. The van der Waals surface area contributed by atoms with E-state index in [0.717, 1.165) is 25.2 Å². The number of carbonyl (C=O) groups is 2. The van der Waals surface area contributed by atoms with Gasteiger partial charge in [0.2, 0.25) is 5.91 Å². The number of nitrogens with two attached hydrogens (primary N) is 1. The highest BCUT2D eigenvalue weighted by molar-refractivity contribution is 5.94. The van der Waals surface area contributed by atoms with Crippen LogP contribution >= 0.6 is 0 Å². The lowest BCUT2D eigenvalue weighted by atomic mass is 9.98. The number of urea groups is 1. The van der Waals surface area contributed by atoms with Crippen molar-refractivity contribution in [1.82, 2.24) is 15.5 Å². The van der Waals surface area contributed by atoms with Crippen molar-refractivity contribution in [3.8, 4) is 0 Å². The number of benzene rings is 1. The fraction of sp³-hybridized carbons (Fsp3) is 0.429. The Kier molecular flexibility index (Phi) is 4.57. The Labute approximate surface area is 118 Å². The molecule has 0 atom stereocenters. The fourth-order valence-electron chi connectivity index (χ4n) is 2.40. The molecule has 1 heterocycles. The van der Waals surface area contributed by atoms with Crippen molar-refractivity contribution < 1.29 is 9.59 Å². The summed E-state index contributed by atoms with van der Waals surface area (Å²) < 4.78 is 0. The van der Waals surface area contributed by atoms with Crippen LogP contribution in [0.4, 0.5) is 10.5 Å². The normalized spacial score (nSPS) is 14.4. The molecule has 6 nitrogen and oxygen atoms in total. The van der Waals surface area contributed by atoms with Crippen molar-refractivity contribution in [3.05, 3.63) is 29.3 Å². The van der Waals surface area contributed by atoms with Crippen molar-refractivity contribution in [2.75, 3.05) is 25.9 Å². The van der Waals surface area contributed by atoms with E-state index in [1.807, 2.05) is 12.1 Å². The van der Waals surface area contributed by atoms with Gasteiger partial charge in [-0.1, -0.05) is 12.1 Å². The Morgan fingerprint density at radius 3 is 2.95 bits per heavy atom. The van der Waals surface area contributed by atoms with E-state index in [-0.39, 0.29) is 5.91 Å². The van der Waals surface area contributed by atoms with Gasteiger partial charge in [0.25, 0.3) is 0 Å². The average molecular weight is 276 g/mol. The van der Waals surface area contributed by atoms with Crippen LogP contribution in [0.25, 0.3) is 0 Å². The SMILES string of the molecule is CNC(=O)NC(=O)CCN1CCc2c(N)cccc2C1. The van der Waals surface area contributed by atoms with E-state index >= 15 is 0 Å².